The Hall–Kier alpha value is -3.07. The third-order valence-electron chi connectivity index (χ3n) is 4.76. The number of hydrogen-bond acceptors (Lipinski definition) is 6. The van der Waals surface area contributed by atoms with Crippen molar-refractivity contribution in [2.45, 2.75) is 19.9 Å². The molecule has 0 fully saturated rings. The number of aromatic nitrogens is 4. The van der Waals surface area contributed by atoms with Crippen molar-refractivity contribution in [2.24, 2.45) is 7.05 Å². The average molecular weight is 385 g/mol. The van der Waals surface area contributed by atoms with E-state index in [0.29, 0.717) is 43.2 Å². The van der Waals surface area contributed by atoms with Crippen LogP contribution < -0.4 is 0 Å². The zero-order chi connectivity index (χ0) is 19.7. The Balaban J connectivity index is 1.62. The van der Waals surface area contributed by atoms with Crippen LogP contribution in [0.3, 0.4) is 0 Å². The smallest absolute Gasteiger partial charge is 0.279 e. The van der Waals surface area contributed by atoms with Gasteiger partial charge in [-0.3, -0.25) is 9.48 Å². The van der Waals surface area contributed by atoms with Crippen molar-refractivity contribution < 1.29 is 18.4 Å². The van der Waals surface area contributed by atoms with Gasteiger partial charge in [0.05, 0.1) is 0 Å². The molecule has 1 amide bonds. The van der Waals surface area contributed by atoms with Crippen LogP contribution in [0, 0.1) is 5.82 Å². The second-order valence-electron chi connectivity index (χ2n) is 6.53. The molecule has 0 spiro atoms. The third-order valence-corrected chi connectivity index (χ3v) is 4.76. The molecule has 0 N–H and O–H groups in total. The highest BCUT2D eigenvalue weighted by Gasteiger charge is 2.29. The Labute approximate surface area is 160 Å². The maximum Gasteiger partial charge on any atom is 0.279 e. The monoisotopic (exact) mass is 385 g/mol. The molecule has 0 unspecified atom stereocenters. The number of benzene rings is 1. The van der Waals surface area contributed by atoms with Gasteiger partial charge >= 0.3 is 0 Å². The summed E-state index contributed by atoms with van der Waals surface area (Å²) in [5.74, 6) is 0.243. The zero-order valence-electron chi connectivity index (χ0n) is 15.7. The second-order valence-corrected chi connectivity index (χ2v) is 6.53. The number of halogens is 1. The molecule has 4 rings (SSSR count). The Bertz CT molecular complexity index is 996. The largest absolute Gasteiger partial charge is 0.372 e. The SMILES string of the molecule is CCOCC(=O)N1CCc2c(c(-c3nc(-c4ccc(F)cc4)no3)nn2C)C1. The average Bonchev–Trinajstić information content (AvgIpc) is 3.31. The number of nitrogens with zero attached hydrogens (tertiary/aromatic N) is 5. The van der Waals surface area contributed by atoms with Crippen molar-refractivity contribution in [1.29, 1.82) is 0 Å². The number of amides is 1. The normalized spacial score (nSPS) is 13.6. The van der Waals surface area contributed by atoms with E-state index in [9.17, 15) is 9.18 Å². The lowest BCUT2D eigenvalue weighted by molar-refractivity contribution is -0.136. The van der Waals surface area contributed by atoms with Gasteiger partial charge in [0, 0.05) is 50.0 Å². The predicted molar refractivity (Wildman–Crippen MR) is 97.5 cm³/mol. The highest BCUT2D eigenvalue weighted by molar-refractivity contribution is 5.78. The molecule has 0 saturated carbocycles. The highest BCUT2D eigenvalue weighted by atomic mass is 19.1. The molecule has 0 saturated heterocycles. The van der Waals surface area contributed by atoms with Crippen molar-refractivity contribution in [3.05, 3.63) is 41.3 Å². The first-order chi connectivity index (χ1) is 13.6. The Morgan fingerprint density at radius 1 is 1.32 bits per heavy atom. The number of carbonyl (C=O) groups excluding carboxylic acids is 1. The van der Waals surface area contributed by atoms with E-state index in [0.717, 1.165) is 11.3 Å². The topological polar surface area (TPSA) is 86.3 Å². The maximum absolute atomic E-state index is 13.1. The lowest BCUT2D eigenvalue weighted by Gasteiger charge is -2.27. The second kappa shape index (κ2) is 7.51. The van der Waals surface area contributed by atoms with Crippen LogP contribution in [0.4, 0.5) is 4.39 Å². The van der Waals surface area contributed by atoms with Gasteiger partial charge in [0.25, 0.3) is 5.89 Å². The molecular formula is C19H20FN5O3. The van der Waals surface area contributed by atoms with Crippen LogP contribution in [0.15, 0.2) is 28.8 Å². The fourth-order valence-corrected chi connectivity index (χ4v) is 3.29. The van der Waals surface area contributed by atoms with Crippen LogP contribution in [0.5, 0.6) is 0 Å². The van der Waals surface area contributed by atoms with E-state index in [-0.39, 0.29) is 24.2 Å². The van der Waals surface area contributed by atoms with Crippen molar-refractivity contribution in [3.63, 3.8) is 0 Å². The van der Waals surface area contributed by atoms with E-state index < -0.39 is 0 Å². The van der Waals surface area contributed by atoms with E-state index in [4.69, 9.17) is 9.26 Å². The Kier molecular flexibility index (Phi) is 4.91. The van der Waals surface area contributed by atoms with Crippen LogP contribution in [0.25, 0.3) is 23.0 Å². The van der Waals surface area contributed by atoms with E-state index >= 15 is 0 Å². The molecule has 1 aliphatic rings. The maximum atomic E-state index is 13.1. The van der Waals surface area contributed by atoms with Gasteiger partial charge in [0.15, 0.2) is 5.69 Å². The van der Waals surface area contributed by atoms with Gasteiger partial charge in [-0.25, -0.2) is 4.39 Å². The molecule has 1 aromatic carbocycles. The first-order valence-electron chi connectivity index (χ1n) is 9.07. The summed E-state index contributed by atoms with van der Waals surface area (Å²) in [7, 11) is 1.86. The van der Waals surface area contributed by atoms with Gasteiger partial charge in [-0.05, 0) is 31.2 Å². The molecule has 28 heavy (non-hydrogen) atoms. The molecule has 8 nitrogen and oxygen atoms in total. The Morgan fingerprint density at radius 2 is 2.11 bits per heavy atom. The molecule has 0 atom stereocenters. The molecule has 3 aromatic rings. The van der Waals surface area contributed by atoms with Gasteiger partial charge in [0.1, 0.15) is 12.4 Å². The summed E-state index contributed by atoms with van der Waals surface area (Å²) in [6.45, 7) is 3.45. The third kappa shape index (κ3) is 3.40. The van der Waals surface area contributed by atoms with Crippen LogP contribution in [0.2, 0.25) is 0 Å². The van der Waals surface area contributed by atoms with E-state index in [1.165, 1.54) is 12.1 Å². The van der Waals surface area contributed by atoms with Gasteiger partial charge in [-0.1, -0.05) is 5.16 Å². The summed E-state index contributed by atoms with van der Waals surface area (Å²) in [5.41, 5.74) is 3.15. The summed E-state index contributed by atoms with van der Waals surface area (Å²) >= 11 is 0. The molecule has 0 bridgehead atoms. The summed E-state index contributed by atoms with van der Waals surface area (Å²) in [5, 5.41) is 8.52. The zero-order valence-corrected chi connectivity index (χ0v) is 15.7. The number of carbonyl (C=O) groups is 1. The fourth-order valence-electron chi connectivity index (χ4n) is 3.29. The molecule has 146 valence electrons. The van der Waals surface area contributed by atoms with Gasteiger partial charge in [0.2, 0.25) is 11.7 Å². The minimum absolute atomic E-state index is 0.0557. The quantitative estimate of drug-likeness (QED) is 0.669. The van der Waals surface area contributed by atoms with E-state index in [2.05, 4.69) is 15.2 Å². The first-order valence-corrected chi connectivity index (χ1v) is 9.07. The van der Waals surface area contributed by atoms with Crippen molar-refractivity contribution in [2.75, 3.05) is 19.8 Å². The highest BCUT2D eigenvalue weighted by Crippen LogP contribution is 2.30. The molecule has 2 aromatic heterocycles. The van der Waals surface area contributed by atoms with Crippen LogP contribution >= 0.6 is 0 Å². The molecule has 0 radical (unpaired) electrons. The van der Waals surface area contributed by atoms with E-state index in [1.807, 2.05) is 14.0 Å². The number of rotatable bonds is 5. The molecular weight excluding hydrogens is 365 g/mol. The summed E-state index contributed by atoms with van der Waals surface area (Å²) in [6, 6.07) is 5.86. The van der Waals surface area contributed by atoms with Gasteiger partial charge in [-0.2, -0.15) is 10.1 Å². The molecule has 3 heterocycles. The van der Waals surface area contributed by atoms with Crippen molar-refractivity contribution >= 4 is 5.91 Å². The summed E-state index contributed by atoms with van der Waals surface area (Å²) in [4.78, 5) is 18.5. The standard InChI is InChI=1S/C19H20FN5O3/c1-3-27-11-16(26)25-9-8-15-14(10-25)17(22-24(15)2)19-21-18(23-28-19)12-4-6-13(20)7-5-12/h4-7H,3,8-11H2,1-2H3. The van der Waals surface area contributed by atoms with Crippen LogP contribution in [0.1, 0.15) is 18.2 Å². The lowest BCUT2D eigenvalue weighted by Crippen LogP contribution is -2.38. The number of ether oxygens (including phenoxy) is 1. The first kappa shape index (κ1) is 18.3. The molecule has 1 aliphatic heterocycles. The summed E-state index contributed by atoms with van der Waals surface area (Å²) < 4.78 is 25.6. The fraction of sp³-hybridized carbons (Fsp3) is 0.368. The number of hydrogen-bond donors (Lipinski definition) is 0. The summed E-state index contributed by atoms with van der Waals surface area (Å²) in [6.07, 6.45) is 0.690. The molecule has 9 heteroatoms. The number of aryl methyl sites for hydroxylation is 1. The minimum Gasteiger partial charge on any atom is -0.372 e. The lowest BCUT2D eigenvalue weighted by atomic mass is 10.0. The van der Waals surface area contributed by atoms with Crippen LogP contribution in [-0.2, 0) is 29.5 Å². The Morgan fingerprint density at radius 3 is 2.86 bits per heavy atom. The number of fused-ring (bicyclic) bond motifs is 1. The molecule has 0 aliphatic carbocycles. The van der Waals surface area contributed by atoms with Crippen molar-refractivity contribution in [1.82, 2.24) is 24.8 Å². The van der Waals surface area contributed by atoms with E-state index in [1.54, 1.807) is 21.7 Å². The van der Waals surface area contributed by atoms with Gasteiger partial charge in [-0.15, -0.1) is 0 Å². The predicted octanol–water partition coefficient (Wildman–Crippen LogP) is 2.20. The minimum atomic E-state index is -0.330. The van der Waals surface area contributed by atoms with Gasteiger partial charge < -0.3 is 14.2 Å². The van der Waals surface area contributed by atoms with Crippen molar-refractivity contribution in [3.8, 4) is 23.0 Å². The van der Waals surface area contributed by atoms with Crippen LogP contribution in [-0.4, -0.2) is 50.5 Å².